The van der Waals surface area contributed by atoms with Gasteiger partial charge in [0.15, 0.2) is 0 Å². The average molecular weight is 433 g/mol. The van der Waals surface area contributed by atoms with Gasteiger partial charge in [-0.15, -0.1) is 11.8 Å². The predicted molar refractivity (Wildman–Crippen MR) is 112 cm³/mol. The maximum absolute atomic E-state index is 12.2. The number of nitrogens with one attached hydrogen (secondary N) is 2. The lowest BCUT2D eigenvalue weighted by molar-refractivity contribution is -0.114. The Labute approximate surface area is 166 Å². The van der Waals surface area contributed by atoms with E-state index >= 15 is 0 Å². The molecule has 0 aromatic heterocycles. The van der Waals surface area contributed by atoms with E-state index in [1.54, 1.807) is 0 Å². The summed E-state index contributed by atoms with van der Waals surface area (Å²) in [6, 6.07) is 13.5. The third kappa shape index (κ3) is 5.35. The van der Waals surface area contributed by atoms with E-state index in [1.807, 2.05) is 36.4 Å². The van der Waals surface area contributed by atoms with Crippen LogP contribution in [-0.2, 0) is 22.4 Å². The average Bonchev–Trinajstić information content (AvgIpc) is 2.62. The third-order valence-corrected chi connectivity index (χ3v) is 5.67. The van der Waals surface area contributed by atoms with Gasteiger partial charge in [0.25, 0.3) is 0 Å². The molecule has 1 aliphatic rings. The van der Waals surface area contributed by atoms with E-state index in [-0.39, 0.29) is 23.3 Å². The largest absolute Gasteiger partial charge is 0.325 e. The van der Waals surface area contributed by atoms with Gasteiger partial charge in [-0.3, -0.25) is 9.59 Å². The zero-order valence-electron chi connectivity index (χ0n) is 14.4. The topological polar surface area (TPSA) is 58.2 Å². The Morgan fingerprint density at radius 1 is 0.962 bits per heavy atom. The minimum Gasteiger partial charge on any atom is -0.325 e. The summed E-state index contributed by atoms with van der Waals surface area (Å²) in [7, 11) is 0. The minimum atomic E-state index is -0.113. The van der Waals surface area contributed by atoms with E-state index in [1.165, 1.54) is 35.7 Å². The van der Waals surface area contributed by atoms with Crippen LogP contribution in [0.5, 0.6) is 0 Å². The summed E-state index contributed by atoms with van der Waals surface area (Å²) in [6.07, 6.45) is 4.50. The summed E-state index contributed by atoms with van der Waals surface area (Å²) in [5, 5.41) is 5.83. The highest BCUT2D eigenvalue weighted by atomic mass is 79.9. The van der Waals surface area contributed by atoms with Crippen LogP contribution in [0, 0.1) is 0 Å². The van der Waals surface area contributed by atoms with Crippen molar-refractivity contribution in [1.29, 1.82) is 0 Å². The van der Waals surface area contributed by atoms with E-state index in [0.29, 0.717) is 0 Å². The van der Waals surface area contributed by atoms with Crippen LogP contribution in [0.2, 0.25) is 0 Å². The second-order valence-corrected chi connectivity index (χ2v) is 8.15. The second-order valence-electron chi connectivity index (χ2n) is 6.25. The van der Waals surface area contributed by atoms with Crippen molar-refractivity contribution in [3.05, 3.63) is 58.1 Å². The first-order valence-corrected chi connectivity index (χ1v) is 10.6. The van der Waals surface area contributed by atoms with Crippen molar-refractivity contribution >= 4 is 50.9 Å². The lowest BCUT2D eigenvalue weighted by Gasteiger charge is -2.19. The van der Waals surface area contributed by atoms with E-state index < -0.39 is 0 Å². The number of carbonyl (C=O) groups is 2. The van der Waals surface area contributed by atoms with Crippen molar-refractivity contribution in [3.63, 3.8) is 0 Å². The molecule has 0 atom stereocenters. The molecule has 0 radical (unpaired) electrons. The molecular formula is C20H21BrN2O2S. The van der Waals surface area contributed by atoms with Crippen molar-refractivity contribution in [2.75, 3.05) is 22.1 Å². The fourth-order valence-corrected chi connectivity index (χ4v) is 4.10. The van der Waals surface area contributed by atoms with E-state index in [9.17, 15) is 9.59 Å². The van der Waals surface area contributed by atoms with Gasteiger partial charge in [0.05, 0.1) is 11.5 Å². The highest BCUT2D eigenvalue weighted by Crippen LogP contribution is 2.28. The SMILES string of the molecule is O=C(CSCC(=O)Nc1cccc2c1CCCC2)Nc1cccc(Br)c1. The molecule has 136 valence electrons. The number of thioether (sulfide) groups is 1. The summed E-state index contributed by atoms with van der Waals surface area (Å²) < 4.78 is 0.911. The lowest BCUT2D eigenvalue weighted by Crippen LogP contribution is -2.19. The molecule has 6 heteroatoms. The highest BCUT2D eigenvalue weighted by molar-refractivity contribution is 9.10. The molecule has 3 rings (SSSR count). The number of rotatable bonds is 6. The number of anilines is 2. The Balaban J connectivity index is 1.45. The van der Waals surface area contributed by atoms with E-state index in [4.69, 9.17) is 0 Å². The Kier molecular flexibility index (Phi) is 6.74. The number of halogens is 1. The molecule has 0 saturated carbocycles. The van der Waals surface area contributed by atoms with E-state index in [0.717, 1.165) is 28.7 Å². The number of amides is 2. The van der Waals surface area contributed by atoms with Crippen LogP contribution in [0.15, 0.2) is 46.9 Å². The smallest absolute Gasteiger partial charge is 0.234 e. The van der Waals surface area contributed by atoms with Crippen molar-refractivity contribution in [2.45, 2.75) is 25.7 Å². The molecule has 1 aliphatic carbocycles. The summed E-state index contributed by atoms with van der Waals surface area (Å²) in [5.74, 6) is 0.324. The van der Waals surface area contributed by atoms with Crippen molar-refractivity contribution in [2.24, 2.45) is 0 Å². The van der Waals surface area contributed by atoms with Gasteiger partial charge in [0.2, 0.25) is 11.8 Å². The molecule has 0 bridgehead atoms. The van der Waals surface area contributed by atoms with E-state index in [2.05, 4.69) is 32.6 Å². The number of hydrogen-bond acceptors (Lipinski definition) is 3. The predicted octanol–water partition coefficient (Wildman–Crippen LogP) is 4.64. The molecule has 26 heavy (non-hydrogen) atoms. The first kappa shape index (κ1) is 19.0. The number of fused-ring (bicyclic) bond motifs is 1. The van der Waals surface area contributed by atoms with Gasteiger partial charge in [-0.25, -0.2) is 0 Å². The minimum absolute atomic E-state index is 0.0655. The van der Waals surface area contributed by atoms with Crippen LogP contribution in [-0.4, -0.2) is 23.3 Å². The fraction of sp³-hybridized carbons (Fsp3) is 0.300. The molecular weight excluding hydrogens is 412 g/mol. The number of aryl methyl sites for hydroxylation is 1. The van der Waals surface area contributed by atoms with Gasteiger partial charge in [-0.1, -0.05) is 34.1 Å². The van der Waals surface area contributed by atoms with Crippen LogP contribution < -0.4 is 10.6 Å². The van der Waals surface area contributed by atoms with Crippen LogP contribution in [0.3, 0.4) is 0 Å². The monoisotopic (exact) mass is 432 g/mol. The van der Waals surface area contributed by atoms with Gasteiger partial charge in [-0.05, 0) is 61.1 Å². The Morgan fingerprint density at radius 3 is 2.50 bits per heavy atom. The molecule has 2 N–H and O–H groups in total. The van der Waals surface area contributed by atoms with Crippen molar-refractivity contribution in [3.8, 4) is 0 Å². The lowest BCUT2D eigenvalue weighted by atomic mass is 9.90. The molecule has 2 aromatic rings. The third-order valence-electron chi connectivity index (χ3n) is 4.24. The molecule has 0 saturated heterocycles. The molecule has 0 unspecified atom stereocenters. The van der Waals surface area contributed by atoms with Gasteiger partial charge < -0.3 is 10.6 Å². The van der Waals surface area contributed by atoms with Gasteiger partial charge in [0, 0.05) is 15.8 Å². The molecule has 0 heterocycles. The first-order chi connectivity index (χ1) is 12.6. The summed E-state index contributed by atoms with van der Waals surface area (Å²) in [5.41, 5.74) is 4.27. The van der Waals surface area contributed by atoms with Crippen molar-refractivity contribution in [1.82, 2.24) is 0 Å². The number of carbonyl (C=O) groups excluding carboxylic acids is 2. The van der Waals surface area contributed by atoms with Crippen LogP contribution in [0.4, 0.5) is 11.4 Å². The Bertz CT molecular complexity index is 810. The second kappa shape index (κ2) is 9.24. The quantitative estimate of drug-likeness (QED) is 0.698. The van der Waals surface area contributed by atoms with Crippen molar-refractivity contribution < 1.29 is 9.59 Å². The molecule has 2 aromatic carbocycles. The normalized spacial score (nSPS) is 13.0. The first-order valence-electron chi connectivity index (χ1n) is 8.65. The molecule has 0 spiro atoms. The highest BCUT2D eigenvalue weighted by Gasteiger charge is 2.14. The Hall–Kier alpha value is -1.79. The summed E-state index contributed by atoms with van der Waals surface area (Å²) >= 11 is 4.69. The molecule has 0 aliphatic heterocycles. The number of benzene rings is 2. The molecule has 4 nitrogen and oxygen atoms in total. The Morgan fingerprint density at radius 2 is 1.69 bits per heavy atom. The van der Waals surface area contributed by atoms with Crippen LogP contribution >= 0.6 is 27.7 Å². The molecule has 0 fully saturated rings. The van der Waals surface area contributed by atoms with Gasteiger partial charge in [0.1, 0.15) is 0 Å². The molecule has 2 amide bonds. The maximum atomic E-state index is 12.2. The van der Waals surface area contributed by atoms with Crippen LogP contribution in [0.25, 0.3) is 0 Å². The summed E-state index contributed by atoms with van der Waals surface area (Å²) in [6.45, 7) is 0. The maximum Gasteiger partial charge on any atom is 0.234 e. The fourth-order valence-electron chi connectivity index (χ4n) is 3.08. The zero-order valence-corrected chi connectivity index (χ0v) is 16.8. The standard InChI is InChI=1S/C20H21BrN2O2S/c21-15-7-4-8-16(11-15)22-19(24)12-26-13-20(25)23-18-10-3-6-14-5-1-2-9-17(14)18/h3-4,6-8,10-11H,1-2,5,9,12-13H2,(H,22,24)(H,23,25). The van der Waals surface area contributed by atoms with Gasteiger partial charge >= 0.3 is 0 Å². The van der Waals surface area contributed by atoms with Crippen LogP contribution in [0.1, 0.15) is 24.0 Å². The zero-order chi connectivity index (χ0) is 18.4. The number of hydrogen-bond donors (Lipinski definition) is 2. The van der Waals surface area contributed by atoms with Gasteiger partial charge in [-0.2, -0.15) is 0 Å². The summed E-state index contributed by atoms with van der Waals surface area (Å²) in [4.78, 5) is 24.2.